The number of hydrogen-bond donors (Lipinski definition) is 0. The van der Waals surface area contributed by atoms with E-state index < -0.39 is 29.1 Å². The van der Waals surface area contributed by atoms with E-state index in [0.29, 0.717) is 0 Å². The molecule has 0 N–H and O–H groups in total. The summed E-state index contributed by atoms with van der Waals surface area (Å²) in [6.07, 6.45) is -0.121. The third kappa shape index (κ3) is 6.73. The first-order valence-electron chi connectivity index (χ1n) is 9.29. The Hall–Kier alpha value is -1.74. The number of benzene rings is 2. The minimum absolute atomic E-state index is 0.489. The van der Waals surface area contributed by atoms with Gasteiger partial charge in [0.1, 0.15) is 0 Å². The van der Waals surface area contributed by atoms with Crippen LogP contribution in [0.2, 0.25) is 39.3 Å². The fourth-order valence-electron chi connectivity index (χ4n) is 2.74. The lowest BCUT2D eigenvalue weighted by molar-refractivity contribution is -0.143. The first-order chi connectivity index (χ1) is 12.6. The van der Waals surface area contributed by atoms with E-state index in [4.69, 9.17) is 8.85 Å². The summed E-state index contributed by atoms with van der Waals surface area (Å²) >= 11 is 0. The molecule has 1 amide bonds. The highest BCUT2D eigenvalue weighted by Crippen LogP contribution is 2.35. The van der Waals surface area contributed by atoms with Crippen LogP contribution in [0, 0.1) is 0 Å². The molecule has 2 atom stereocenters. The highest BCUT2D eigenvalue weighted by atomic mass is 28.4. The Kier molecular flexibility index (Phi) is 7.16. The number of hydrogen-bond acceptors (Lipinski definition) is 3. The molecule has 146 valence electrons. The summed E-state index contributed by atoms with van der Waals surface area (Å²) in [5, 5.41) is 0. The zero-order valence-corrected chi connectivity index (χ0v) is 19.2. The molecule has 0 bridgehead atoms. The SMILES string of the molecule is C[Si](C)(C)OC(c1ccccc1)N(C=O)C(O[Si](C)(C)C)c1ccccc1. The summed E-state index contributed by atoms with van der Waals surface area (Å²) in [7, 11) is -3.86. The number of carbonyl (C=O) groups excluding carboxylic acids is 1. The lowest BCUT2D eigenvalue weighted by Crippen LogP contribution is -2.43. The lowest BCUT2D eigenvalue weighted by atomic mass is 10.1. The number of rotatable bonds is 9. The highest BCUT2D eigenvalue weighted by Gasteiger charge is 2.35. The second kappa shape index (κ2) is 8.97. The zero-order chi connectivity index (χ0) is 20.1. The van der Waals surface area contributed by atoms with Gasteiger partial charge in [0.2, 0.25) is 6.41 Å². The van der Waals surface area contributed by atoms with Gasteiger partial charge in [0.15, 0.2) is 29.1 Å². The van der Waals surface area contributed by atoms with Gasteiger partial charge in [0.25, 0.3) is 0 Å². The van der Waals surface area contributed by atoms with Crippen molar-refractivity contribution in [2.45, 2.75) is 51.7 Å². The van der Waals surface area contributed by atoms with Crippen LogP contribution < -0.4 is 0 Å². The van der Waals surface area contributed by atoms with Crippen LogP contribution in [-0.2, 0) is 13.6 Å². The molecule has 27 heavy (non-hydrogen) atoms. The summed E-state index contributed by atoms with van der Waals surface area (Å²) in [5.74, 6) is 0. The van der Waals surface area contributed by atoms with E-state index in [9.17, 15) is 4.79 Å². The Morgan fingerprint density at radius 1 is 0.704 bits per heavy atom. The maximum Gasteiger partial charge on any atom is 0.214 e. The van der Waals surface area contributed by atoms with E-state index >= 15 is 0 Å². The van der Waals surface area contributed by atoms with Crippen molar-refractivity contribution in [1.82, 2.24) is 4.90 Å². The third-order valence-corrected chi connectivity index (χ3v) is 5.62. The summed E-state index contributed by atoms with van der Waals surface area (Å²) in [5.41, 5.74) is 1.90. The number of nitrogens with zero attached hydrogens (tertiary/aromatic N) is 1. The standard InChI is InChI=1S/C21H31NO3Si2/c1-26(2,3)24-20(18-13-9-7-10-14-18)22(17-23)21(25-27(4,5)6)19-15-11-8-12-16-19/h7-17,20-21H,1-6H3. The van der Waals surface area contributed by atoms with Gasteiger partial charge in [-0.05, 0) is 39.3 Å². The first kappa shape index (κ1) is 21.6. The van der Waals surface area contributed by atoms with Gasteiger partial charge in [-0.15, -0.1) is 0 Å². The molecule has 2 aromatic rings. The van der Waals surface area contributed by atoms with Gasteiger partial charge in [0, 0.05) is 11.1 Å². The molecule has 0 heterocycles. The molecule has 0 aliphatic heterocycles. The van der Waals surface area contributed by atoms with Crippen LogP contribution in [0.4, 0.5) is 0 Å². The molecule has 2 aromatic carbocycles. The van der Waals surface area contributed by atoms with Gasteiger partial charge in [0.05, 0.1) is 0 Å². The van der Waals surface area contributed by atoms with Crippen LogP contribution in [0.25, 0.3) is 0 Å². The highest BCUT2D eigenvalue weighted by molar-refractivity contribution is 6.70. The summed E-state index contributed by atoms with van der Waals surface area (Å²) in [6.45, 7) is 12.8. The Bertz CT molecular complexity index is 652. The lowest BCUT2D eigenvalue weighted by Gasteiger charge is -2.40. The van der Waals surface area contributed by atoms with Gasteiger partial charge in [-0.2, -0.15) is 0 Å². The molecule has 0 aromatic heterocycles. The van der Waals surface area contributed by atoms with Crippen molar-refractivity contribution in [3.05, 3.63) is 71.8 Å². The summed E-state index contributed by atoms with van der Waals surface area (Å²) in [6, 6.07) is 19.8. The average molecular weight is 402 g/mol. The normalized spacial score (nSPS) is 14.4. The van der Waals surface area contributed by atoms with Gasteiger partial charge >= 0.3 is 0 Å². The van der Waals surface area contributed by atoms with Crippen molar-refractivity contribution in [2.24, 2.45) is 0 Å². The fraction of sp³-hybridized carbons (Fsp3) is 0.381. The molecule has 0 spiro atoms. The summed E-state index contributed by atoms with van der Waals surface area (Å²) < 4.78 is 12.9. The Morgan fingerprint density at radius 3 is 1.30 bits per heavy atom. The van der Waals surface area contributed by atoms with Gasteiger partial charge < -0.3 is 8.85 Å². The smallest absolute Gasteiger partial charge is 0.214 e. The summed E-state index contributed by atoms with van der Waals surface area (Å²) in [4.78, 5) is 14.0. The van der Waals surface area contributed by atoms with Gasteiger partial charge in [-0.3, -0.25) is 9.69 Å². The minimum Gasteiger partial charge on any atom is -0.394 e. The van der Waals surface area contributed by atoms with E-state index in [1.165, 1.54) is 0 Å². The molecule has 2 rings (SSSR count). The van der Waals surface area contributed by atoms with Crippen molar-refractivity contribution in [1.29, 1.82) is 0 Å². The van der Waals surface area contributed by atoms with Crippen molar-refractivity contribution < 1.29 is 13.6 Å². The fourth-order valence-corrected chi connectivity index (χ4v) is 4.60. The predicted molar refractivity (Wildman–Crippen MR) is 115 cm³/mol. The monoisotopic (exact) mass is 401 g/mol. The second-order valence-corrected chi connectivity index (χ2v) is 17.5. The van der Waals surface area contributed by atoms with E-state index in [0.717, 1.165) is 17.5 Å². The van der Waals surface area contributed by atoms with E-state index in [-0.39, 0.29) is 0 Å². The Labute approximate surface area is 165 Å². The van der Waals surface area contributed by atoms with E-state index in [1.54, 1.807) is 4.90 Å². The molecule has 0 saturated carbocycles. The maximum atomic E-state index is 12.3. The Morgan fingerprint density at radius 2 is 1.04 bits per heavy atom. The molecule has 0 saturated heterocycles. The second-order valence-electron chi connectivity index (χ2n) is 8.54. The van der Waals surface area contributed by atoms with Crippen LogP contribution >= 0.6 is 0 Å². The van der Waals surface area contributed by atoms with Crippen molar-refractivity contribution in [3.63, 3.8) is 0 Å². The Balaban J connectivity index is 2.51. The van der Waals surface area contributed by atoms with Crippen LogP contribution in [0.15, 0.2) is 60.7 Å². The minimum atomic E-state index is -1.93. The molecular weight excluding hydrogens is 370 g/mol. The largest absolute Gasteiger partial charge is 0.394 e. The van der Waals surface area contributed by atoms with E-state index in [2.05, 4.69) is 39.3 Å². The molecule has 0 fully saturated rings. The zero-order valence-electron chi connectivity index (χ0n) is 17.2. The van der Waals surface area contributed by atoms with E-state index in [1.807, 2.05) is 60.7 Å². The van der Waals surface area contributed by atoms with Crippen molar-refractivity contribution >= 4 is 23.0 Å². The van der Waals surface area contributed by atoms with Crippen LogP contribution in [0.5, 0.6) is 0 Å². The molecule has 6 heteroatoms. The van der Waals surface area contributed by atoms with Crippen LogP contribution in [-0.4, -0.2) is 27.9 Å². The third-order valence-electron chi connectivity index (χ3n) is 3.76. The molecule has 0 aliphatic rings. The number of carbonyl (C=O) groups is 1. The van der Waals surface area contributed by atoms with Gasteiger partial charge in [-0.1, -0.05) is 60.7 Å². The van der Waals surface area contributed by atoms with Crippen LogP contribution in [0.3, 0.4) is 0 Å². The molecule has 0 aliphatic carbocycles. The molecule has 0 radical (unpaired) electrons. The molecule has 4 nitrogen and oxygen atoms in total. The quantitative estimate of drug-likeness (QED) is 0.314. The number of amides is 1. The topological polar surface area (TPSA) is 38.8 Å². The average Bonchev–Trinajstić information content (AvgIpc) is 2.60. The molecule has 2 unspecified atom stereocenters. The maximum absolute atomic E-state index is 12.3. The van der Waals surface area contributed by atoms with Crippen molar-refractivity contribution in [2.75, 3.05) is 0 Å². The van der Waals surface area contributed by atoms with Crippen LogP contribution in [0.1, 0.15) is 23.6 Å². The van der Waals surface area contributed by atoms with Gasteiger partial charge in [-0.25, -0.2) is 0 Å². The first-order valence-corrected chi connectivity index (χ1v) is 16.1. The molecular formula is C21H31NO3Si2. The predicted octanol–water partition coefficient (Wildman–Crippen LogP) is 5.55. The van der Waals surface area contributed by atoms with Crippen molar-refractivity contribution in [3.8, 4) is 0 Å².